The summed E-state index contributed by atoms with van der Waals surface area (Å²) in [5.41, 5.74) is 6.96. The number of benzene rings is 2. The van der Waals surface area contributed by atoms with Gasteiger partial charge in [0, 0.05) is 23.7 Å². The number of pyridine rings is 1. The third kappa shape index (κ3) is 3.08. The minimum absolute atomic E-state index is 0.447. The van der Waals surface area contributed by atoms with Crippen molar-refractivity contribution in [2.75, 3.05) is 6.54 Å². The summed E-state index contributed by atoms with van der Waals surface area (Å²) >= 11 is 0. The van der Waals surface area contributed by atoms with Gasteiger partial charge in [-0.2, -0.15) is 9.49 Å². The Balaban J connectivity index is 1.40. The second-order valence-corrected chi connectivity index (χ2v) is 7.60. The maximum Gasteiger partial charge on any atom is 0.220 e. The molecule has 0 spiro atoms. The molecule has 0 saturated heterocycles. The average Bonchev–Trinajstić information content (AvgIpc) is 3.46. The molecule has 5 aromatic rings. The van der Waals surface area contributed by atoms with Crippen molar-refractivity contribution in [3.63, 3.8) is 0 Å². The van der Waals surface area contributed by atoms with Crippen molar-refractivity contribution in [2.45, 2.75) is 13.0 Å². The first kappa shape index (κ1) is 17.9. The van der Waals surface area contributed by atoms with Crippen molar-refractivity contribution in [2.24, 2.45) is 0 Å². The second kappa shape index (κ2) is 7.10. The fourth-order valence-electron chi connectivity index (χ4n) is 4.09. The summed E-state index contributed by atoms with van der Waals surface area (Å²) in [5, 5.41) is 20.4. The lowest BCUT2D eigenvalue weighted by Crippen LogP contribution is -2.23. The molecule has 152 valence electrons. The van der Waals surface area contributed by atoms with Crippen LogP contribution >= 0.6 is 0 Å². The highest BCUT2D eigenvalue weighted by Crippen LogP contribution is 2.30. The zero-order valence-electron chi connectivity index (χ0n) is 16.5. The van der Waals surface area contributed by atoms with E-state index in [2.05, 4.69) is 49.0 Å². The molecule has 0 atom stereocenters. The number of rotatable bonds is 3. The summed E-state index contributed by atoms with van der Waals surface area (Å²) in [7, 11) is 0. The number of H-pyrrole nitrogens is 1. The van der Waals surface area contributed by atoms with E-state index in [1.54, 1.807) is 16.8 Å². The molecule has 3 aromatic heterocycles. The molecular formula is C23H18FN7. The Bertz CT molecular complexity index is 1420. The fourth-order valence-corrected chi connectivity index (χ4v) is 4.09. The molecule has 0 aliphatic carbocycles. The Hall–Kier alpha value is -3.91. The Morgan fingerprint density at radius 2 is 2.00 bits per heavy atom. The molecule has 8 heteroatoms. The van der Waals surface area contributed by atoms with E-state index in [9.17, 15) is 4.39 Å². The molecule has 1 aliphatic heterocycles. The van der Waals surface area contributed by atoms with Gasteiger partial charge in [0.05, 0.1) is 17.4 Å². The summed E-state index contributed by atoms with van der Waals surface area (Å²) < 4.78 is 15.9. The van der Waals surface area contributed by atoms with E-state index in [-0.39, 0.29) is 0 Å². The topological polar surface area (TPSA) is 84.3 Å². The van der Waals surface area contributed by atoms with Crippen LogP contribution in [0.25, 0.3) is 39.1 Å². The van der Waals surface area contributed by atoms with Crippen molar-refractivity contribution in [3.8, 4) is 28.2 Å². The van der Waals surface area contributed by atoms with Crippen LogP contribution in [0.4, 0.5) is 4.39 Å². The van der Waals surface area contributed by atoms with Crippen LogP contribution in [-0.2, 0) is 13.0 Å². The third-order valence-electron chi connectivity index (χ3n) is 5.71. The van der Waals surface area contributed by atoms with Crippen LogP contribution in [0.3, 0.4) is 0 Å². The standard InChI is InChI=1S/C23H18FN7/c24-23-18(2-1-8-26-23)15-4-6-20-19(11-15)22(29-27-20)21-13-31(30-28-21)17-5-3-14-7-9-25-12-16(14)10-17/h1-6,8,10-11,13,25H,7,9,12H2,(H,27,29). The number of hydrogen-bond acceptors (Lipinski definition) is 5. The number of halogens is 1. The van der Waals surface area contributed by atoms with E-state index < -0.39 is 5.95 Å². The summed E-state index contributed by atoms with van der Waals surface area (Å²) in [4.78, 5) is 3.75. The summed E-state index contributed by atoms with van der Waals surface area (Å²) in [6, 6.07) is 15.4. The number of hydrogen-bond donors (Lipinski definition) is 2. The lowest BCUT2D eigenvalue weighted by atomic mass is 10.0. The smallest absolute Gasteiger partial charge is 0.220 e. The molecule has 0 radical (unpaired) electrons. The lowest BCUT2D eigenvalue weighted by molar-refractivity contribution is 0.587. The van der Waals surface area contributed by atoms with E-state index >= 15 is 0 Å². The molecule has 0 saturated carbocycles. The minimum Gasteiger partial charge on any atom is -0.312 e. The largest absolute Gasteiger partial charge is 0.312 e. The second-order valence-electron chi connectivity index (χ2n) is 7.60. The van der Waals surface area contributed by atoms with Crippen LogP contribution in [0.15, 0.2) is 60.9 Å². The van der Waals surface area contributed by atoms with Gasteiger partial charge in [-0.05, 0) is 66.1 Å². The maximum atomic E-state index is 14.2. The molecule has 4 heterocycles. The first-order valence-electron chi connectivity index (χ1n) is 10.1. The molecular weight excluding hydrogens is 393 g/mol. The molecule has 1 aliphatic rings. The van der Waals surface area contributed by atoms with Crippen molar-refractivity contribution >= 4 is 10.9 Å². The number of fused-ring (bicyclic) bond motifs is 2. The third-order valence-corrected chi connectivity index (χ3v) is 5.71. The van der Waals surface area contributed by atoms with Crippen LogP contribution in [0.5, 0.6) is 0 Å². The quantitative estimate of drug-likeness (QED) is 0.443. The molecule has 0 bridgehead atoms. The summed E-state index contributed by atoms with van der Waals surface area (Å²) in [5.74, 6) is -0.500. The molecule has 7 nitrogen and oxygen atoms in total. The summed E-state index contributed by atoms with van der Waals surface area (Å²) in [6.07, 6.45) is 4.35. The average molecular weight is 411 g/mol. The normalized spacial score (nSPS) is 13.5. The van der Waals surface area contributed by atoms with Gasteiger partial charge >= 0.3 is 0 Å². The van der Waals surface area contributed by atoms with Gasteiger partial charge in [-0.25, -0.2) is 9.67 Å². The monoisotopic (exact) mass is 411 g/mol. The molecule has 31 heavy (non-hydrogen) atoms. The number of aromatic amines is 1. The van der Waals surface area contributed by atoms with Gasteiger partial charge in [0.15, 0.2) is 0 Å². The first-order chi connectivity index (χ1) is 15.3. The Morgan fingerprint density at radius 1 is 1.03 bits per heavy atom. The van der Waals surface area contributed by atoms with E-state index in [0.29, 0.717) is 17.0 Å². The van der Waals surface area contributed by atoms with Gasteiger partial charge in [-0.15, -0.1) is 5.10 Å². The van der Waals surface area contributed by atoms with Crippen molar-refractivity contribution < 1.29 is 4.39 Å². The van der Waals surface area contributed by atoms with Crippen LogP contribution < -0.4 is 5.32 Å². The zero-order chi connectivity index (χ0) is 20.8. The SMILES string of the molecule is Fc1ncccc1-c1ccc2[nH]nc(-c3cn(-c4ccc5c(c4)CNCC5)nn3)c2c1. The fraction of sp³-hybridized carbons (Fsp3) is 0.130. The highest BCUT2D eigenvalue weighted by atomic mass is 19.1. The van der Waals surface area contributed by atoms with E-state index in [4.69, 9.17) is 0 Å². The van der Waals surface area contributed by atoms with E-state index in [0.717, 1.165) is 41.7 Å². The molecule has 0 unspecified atom stereocenters. The van der Waals surface area contributed by atoms with Gasteiger partial charge in [0.2, 0.25) is 5.95 Å². The van der Waals surface area contributed by atoms with Gasteiger partial charge in [-0.1, -0.05) is 17.3 Å². The predicted octanol–water partition coefficient (Wildman–Crippen LogP) is 3.66. The number of aromatic nitrogens is 6. The van der Waals surface area contributed by atoms with Crippen LogP contribution in [0, 0.1) is 5.95 Å². The van der Waals surface area contributed by atoms with Crippen molar-refractivity contribution in [1.82, 2.24) is 35.5 Å². The zero-order valence-corrected chi connectivity index (χ0v) is 16.5. The maximum absolute atomic E-state index is 14.2. The highest BCUT2D eigenvalue weighted by Gasteiger charge is 2.16. The Labute approximate surface area is 177 Å². The van der Waals surface area contributed by atoms with Crippen molar-refractivity contribution in [1.29, 1.82) is 0 Å². The minimum atomic E-state index is -0.500. The summed E-state index contributed by atoms with van der Waals surface area (Å²) in [6.45, 7) is 1.87. The number of nitrogens with one attached hydrogen (secondary N) is 2. The Kier molecular flexibility index (Phi) is 4.10. The highest BCUT2D eigenvalue weighted by molar-refractivity contribution is 5.94. The molecule has 0 amide bonds. The van der Waals surface area contributed by atoms with Crippen molar-refractivity contribution in [3.05, 3.63) is 78.0 Å². The van der Waals surface area contributed by atoms with Gasteiger partial charge < -0.3 is 5.32 Å². The van der Waals surface area contributed by atoms with Crippen LogP contribution in [-0.4, -0.2) is 36.7 Å². The molecule has 2 aromatic carbocycles. The first-order valence-corrected chi connectivity index (χ1v) is 10.1. The van der Waals surface area contributed by atoms with Gasteiger partial charge in [0.1, 0.15) is 11.4 Å². The number of nitrogens with zero attached hydrogens (tertiary/aromatic N) is 5. The van der Waals surface area contributed by atoms with Gasteiger partial charge in [0.25, 0.3) is 0 Å². The lowest BCUT2D eigenvalue weighted by Gasteiger charge is -2.17. The van der Waals surface area contributed by atoms with E-state index in [1.807, 2.05) is 24.4 Å². The molecule has 6 rings (SSSR count). The van der Waals surface area contributed by atoms with Crippen LogP contribution in [0.1, 0.15) is 11.1 Å². The van der Waals surface area contributed by atoms with Gasteiger partial charge in [-0.3, -0.25) is 5.10 Å². The molecule has 2 N–H and O–H groups in total. The van der Waals surface area contributed by atoms with Crippen LogP contribution in [0.2, 0.25) is 0 Å². The van der Waals surface area contributed by atoms with E-state index in [1.165, 1.54) is 17.3 Å². The Morgan fingerprint density at radius 3 is 2.94 bits per heavy atom. The predicted molar refractivity (Wildman–Crippen MR) is 115 cm³/mol. The molecule has 0 fully saturated rings.